The van der Waals surface area contributed by atoms with E-state index in [1.165, 1.54) is 12.1 Å². The molecule has 14 heavy (non-hydrogen) atoms. The first-order valence-electron chi connectivity index (χ1n) is 4.47. The van der Waals surface area contributed by atoms with E-state index in [4.69, 9.17) is 0 Å². The Hall–Kier alpha value is -1.16. The number of halogens is 2. The third-order valence-electron chi connectivity index (χ3n) is 2.38. The molecular weight excluding hydrogens is 188 g/mol. The van der Waals surface area contributed by atoms with Crippen LogP contribution in [0.15, 0.2) is 24.3 Å². The number of hydrogen-bond donors (Lipinski definition) is 2. The van der Waals surface area contributed by atoms with Crippen LogP contribution in [0.3, 0.4) is 0 Å². The van der Waals surface area contributed by atoms with Crippen LogP contribution in [0.1, 0.15) is 18.0 Å². The Morgan fingerprint density at radius 3 is 2.79 bits per heavy atom. The van der Waals surface area contributed by atoms with Gasteiger partial charge in [-0.3, -0.25) is 0 Å². The van der Waals surface area contributed by atoms with E-state index < -0.39 is 5.92 Å². The predicted octanol–water partition coefficient (Wildman–Crippen LogP) is 2.06. The summed E-state index contributed by atoms with van der Waals surface area (Å²) in [6.45, 7) is -0.284. The highest BCUT2D eigenvalue weighted by molar-refractivity contribution is 5.30. The van der Waals surface area contributed by atoms with E-state index in [-0.39, 0.29) is 24.8 Å². The van der Waals surface area contributed by atoms with Gasteiger partial charge in [0.2, 0.25) is 0 Å². The number of phenolic OH excluding ortho intramolecular Hbond substituents is 1. The lowest BCUT2D eigenvalue weighted by Gasteiger charge is -2.10. The summed E-state index contributed by atoms with van der Waals surface area (Å²) in [4.78, 5) is 0. The molecule has 1 aromatic carbocycles. The zero-order valence-electron chi connectivity index (χ0n) is 7.50. The maximum Gasteiger partial charge on any atom is 0.262 e. The summed E-state index contributed by atoms with van der Waals surface area (Å²) in [6, 6.07) is 6.08. The second-order valence-corrected chi connectivity index (χ2v) is 3.59. The zero-order chi connectivity index (χ0) is 10.2. The summed E-state index contributed by atoms with van der Waals surface area (Å²) >= 11 is 0. The molecule has 0 aromatic heterocycles. The summed E-state index contributed by atoms with van der Waals surface area (Å²) < 4.78 is 25.7. The first-order chi connectivity index (χ1) is 6.57. The molecule has 0 spiro atoms. The second-order valence-electron chi connectivity index (χ2n) is 3.59. The molecule has 2 rings (SSSR count). The van der Waals surface area contributed by atoms with Crippen molar-refractivity contribution in [3.05, 3.63) is 29.8 Å². The molecule has 0 bridgehead atoms. The lowest BCUT2D eigenvalue weighted by molar-refractivity contribution is 0.0210. The maximum absolute atomic E-state index is 12.9. The molecule has 2 nitrogen and oxygen atoms in total. The quantitative estimate of drug-likeness (QED) is 0.725. The van der Waals surface area contributed by atoms with Crippen molar-refractivity contribution in [3.8, 4) is 5.75 Å². The summed E-state index contributed by atoms with van der Waals surface area (Å²) in [5.41, 5.74) is 0.710. The van der Waals surface area contributed by atoms with Gasteiger partial charge in [-0.1, -0.05) is 12.1 Å². The molecule has 2 N–H and O–H groups in total. The fourth-order valence-electron chi connectivity index (χ4n) is 1.69. The Morgan fingerprint density at radius 2 is 2.21 bits per heavy atom. The molecule has 1 atom stereocenters. The van der Waals surface area contributed by atoms with E-state index in [0.717, 1.165) is 0 Å². The Morgan fingerprint density at radius 1 is 1.43 bits per heavy atom. The van der Waals surface area contributed by atoms with Gasteiger partial charge >= 0.3 is 0 Å². The molecule has 0 saturated carbocycles. The van der Waals surface area contributed by atoms with Gasteiger partial charge in [-0.2, -0.15) is 0 Å². The van der Waals surface area contributed by atoms with Crippen LogP contribution < -0.4 is 5.32 Å². The zero-order valence-corrected chi connectivity index (χ0v) is 7.50. The van der Waals surface area contributed by atoms with E-state index in [1.807, 2.05) is 0 Å². The Bertz CT molecular complexity index is 341. The Balaban J connectivity index is 2.17. The first kappa shape index (κ1) is 9.40. The van der Waals surface area contributed by atoms with Gasteiger partial charge in [-0.05, 0) is 17.7 Å². The average molecular weight is 199 g/mol. The normalized spacial score (nSPS) is 25.1. The molecule has 1 aliphatic rings. The predicted molar refractivity (Wildman–Crippen MR) is 48.4 cm³/mol. The van der Waals surface area contributed by atoms with Gasteiger partial charge in [0.05, 0.1) is 6.54 Å². The van der Waals surface area contributed by atoms with Crippen LogP contribution in [0, 0.1) is 0 Å². The molecule has 0 amide bonds. The topological polar surface area (TPSA) is 32.3 Å². The van der Waals surface area contributed by atoms with E-state index in [9.17, 15) is 13.9 Å². The van der Waals surface area contributed by atoms with Crippen LogP contribution in [-0.4, -0.2) is 17.6 Å². The van der Waals surface area contributed by atoms with E-state index >= 15 is 0 Å². The molecule has 1 saturated heterocycles. The van der Waals surface area contributed by atoms with Gasteiger partial charge in [-0.15, -0.1) is 0 Å². The first-order valence-corrected chi connectivity index (χ1v) is 4.47. The van der Waals surface area contributed by atoms with Crippen LogP contribution in [-0.2, 0) is 0 Å². The van der Waals surface area contributed by atoms with Crippen molar-refractivity contribution in [1.29, 1.82) is 0 Å². The van der Waals surface area contributed by atoms with Crippen LogP contribution >= 0.6 is 0 Å². The number of aromatic hydroxyl groups is 1. The molecule has 76 valence electrons. The molecule has 0 aliphatic carbocycles. The third kappa shape index (κ3) is 1.85. The highest BCUT2D eigenvalue weighted by atomic mass is 19.3. The van der Waals surface area contributed by atoms with Gasteiger partial charge in [0.25, 0.3) is 5.92 Å². The van der Waals surface area contributed by atoms with E-state index in [0.29, 0.717) is 5.56 Å². The smallest absolute Gasteiger partial charge is 0.262 e. The number of alkyl halides is 2. The van der Waals surface area contributed by atoms with E-state index in [2.05, 4.69) is 5.32 Å². The fourth-order valence-corrected chi connectivity index (χ4v) is 1.69. The summed E-state index contributed by atoms with van der Waals surface area (Å²) in [5, 5.41) is 11.9. The lowest BCUT2D eigenvalue weighted by atomic mass is 10.0. The number of nitrogens with one attached hydrogen (secondary N) is 1. The van der Waals surface area contributed by atoms with Gasteiger partial charge < -0.3 is 10.4 Å². The third-order valence-corrected chi connectivity index (χ3v) is 2.38. The Labute approximate surface area is 80.6 Å². The minimum absolute atomic E-state index is 0.111. The number of rotatable bonds is 1. The fraction of sp³-hybridized carbons (Fsp3) is 0.400. The van der Waals surface area contributed by atoms with Crippen LogP contribution in [0.25, 0.3) is 0 Å². The highest BCUT2D eigenvalue weighted by Gasteiger charge is 2.39. The van der Waals surface area contributed by atoms with Crippen molar-refractivity contribution in [3.63, 3.8) is 0 Å². The maximum atomic E-state index is 12.9. The van der Waals surface area contributed by atoms with Crippen LogP contribution in [0.2, 0.25) is 0 Å². The van der Waals surface area contributed by atoms with Gasteiger partial charge in [0, 0.05) is 12.5 Å². The van der Waals surface area contributed by atoms with Gasteiger partial charge in [0.1, 0.15) is 5.75 Å². The molecule has 1 heterocycles. The van der Waals surface area contributed by atoms with Crippen LogP contribution in [0.4, 0.5) is 8.78 Å². The van der Waals surface area contributed by atoms with E-state index in [1.54, 1.807) is 12.1 Å². The standard InChI is InChI=1S/C10H11F2NO/c11-10(12)5-9(13-6-10)7-2-1-3-8(14)4-7/h1-4,9,13-14H,5-6H2. The molecule has 1 aromatic rings. The largest absolute Gasteiger partial charge is 0.508 e. The van der Waals surface area contributed by atoms with Crippen molar-refractivity contribution >= 4 is 0 Å². The summed E-state index contributed by atoms with van der Waals surface area (Å²) in [5.74, 6) is -2.52. The number of phenols is 1. The SMILES string of the molecule is Oc1cccc(C2CC(F)(F)CN2)c1. The van der Waals surface area contributed by atoms with Crippen molar-refractivity contribution < 1.29 is 13.9 Å². The van der Waals surface area contributed by atoms with Crippen LogP contribution in [0.5, 0.6) is 5.75 Å². The van der Waals surface area contributed by atoms with Crippen molar-refractivity contribution in [2.45, 2.75) is 18.4 Å². The minimum atomic E-state index is -2.63. The van der Waals surface area contributed by atoms with Gasteiger partial charge in [0.15, 0.2) is 0 Å². The summed E-state index contributed by atoms with van der Waals surface area (Å²) in [6.07, 6.45) is -0.198. The van der Waals surface area contributed by atoms with Crippen molar-refractivity contribution in [1.82, 2.24) is 5.32 Å². The Kier molecular flexibility index (Phi) is 2.15. The molecule has 0 radical (unpaired) electrons. The minimum Gasteiger partial charge on any atom is -0.508 e. The molecule has 1 aliphatic heterocycles. The monoisotopic (exact) mass is 199 g/mol. The highest BCUT2D eigenvalue weighted by Crippen LogP contribution is 2.34. The van der Waals surface area contributed by atoms with Crippen molar-refractivity contribution in [2.24, 2.45) is 0 Å². The second kappa shape index (κ2) is 3.20. The number of benzene rings is 1. The molecular formula is C10H11F2NO. The molecule has 1 unspecified atom stereocenters. The molecule has 4 heteroatoms. The summed E-state index contributed by atoms with van der Waals surface area (Å²) in [7, 11) is 0. The van der Waals surface area contributed by atoms with Crippen molar-refractivity contribution in [2.75, 3.05) is 6.54 Å². The lowest BCUT2D eigenvalue weighted by Crippen LogP contribution is -2.19. The number of hydrogen-bond acceptors (Lipinski definition) is 2. The molecule has 1 fully saturated rings. The average Bonchev–Trinajstić information content (AvgIpc) is 2.46. The van der Waals surface area contributed by atoms with Gasteiger partial charge in [-0.25, -0.2) is 8.78 Å².